The highest BCUT2D eigenvalue weighted by Crippen LogP contribution is 2.52. The van der Waals surface area contributed by atoms with Crippen LogP contribution < -0.4 is 0 Å². The van der Waals surface area contributed by atoms with E-state index >= 15 is 0 Å². The monoisotopic (exact) mass is 1990 g/mol. The van der Waals surface area contributed by atoms with E-state index in [0.717, 1.165) is 0 Å². The number of benzene rings is 30. The van der Waals surface area contributed by atoms with Gasteiger partial charge in [-0.05, 0) is 362 Å². The van der Waals surface area contributed by atoms with Crippen molar-refractivity contribution in [2.75, 3.05) is 0 Å². The Bertz CT molecular complexity index is 17000. The van der Waals surface area contributed by atoms with Crippen molar-refractivity contribution in [2.24, 2.45) is 0 Å². The Labute approximate surface area is 1010 Å². The Balaban J connectivity index is 0.000000157. The molecular formula is C150H96. The summed E-state index contributed by atoms with van der Waals surface area (Å²) >= 11 is 0. The fraction of sp³-hybridized carbons (Fsp3) is 0. The normalized spacial score (nSPS) is 20.6. The summed E-state index contributed by atoms with van der Waals surface area (Å²) in [5, 5.41) is -22.6. The number of rotatable bonds is 12. The van der Waals surface area contributed by atoms with Crippen molar-refractivity contribution in [3.05, 3.63) is 580 Å². The highest BCUT2D eigenvalue weighted by Gasteiger charge is 2.25. The summed E-state index contributed by atoms with van der Waals surface area (Å²) in [6, 6.07) is -96.5. The van der Waals surface area contributed by atoms with Crippen LogP contribution in [0.15, 0.2) is 580 Å². The minimum absolute atomic E-state index is 0.582. The summed E-state index contributed by atoms with van der Waals surface area (Å²) in [6.45, 7) is 0. The standard InChI is InChI=1S/3C50H32/c1-4-12-38-29-41(24-19-33(38)9-1)36-17-22-37(23-18-36)49-45-15-7-8-16-46(45)50(44-26-21-35-11-3-6-14-40(35)31-44)47-28-27-43(32-48(47)49)42-25-20-34-10-2-5-13-39(34)30-42;1-4-12-38-29-41(24-19-33(38)9-1)36-17-22-37(23-18-36)49-45-15-7-8-16-46(45)50(44-26-21-35-11-3-6-14-40(35)31-44)48-32-43(27-28-47(48)49)42-25-20-34-10-2-5-13-39(34)30-42;1-3-13-38-30-40(26-22-33(38)10-1)35-20-24-37(25-21-35)49-45-17-7-8-18-46(45)50(42-27-23-34-11-2-4-14-39(34)31-42)47-29-28-41(32-48(47)49)44-19-9-15-36-12-5-6-16-43(36)44/h3*1-32H/i3*1D,2D,3D,4D,5D,6D,7D,8D,9D,10D,11D,12D,13D,14D,15D,16D,17D,18D,19D,20D,21D,22D,23D,24D,25D,26D,27D,28D,29D,30D,31D,32D. The highest BCUT2D eigenvalue weighted by molar-refractivity contribution is 6.26. The van der Waals surface area contributed by atoms with Crippen LogP contribution in [0.2, 0.25) is 0 Å². The van der Waals surface area contributed by atoms with Gasteiger partial charge in [0.1, 0.15) is 0 Å². The molecule has 0 saturated carbocycles. The molecule has 0 saturated heterocycles. The molecule has 0 atom stereocenters. The Hall–Kier alpha value is -19.5. The van der Waals surface area contributed by atoms with Crippen molar-refractivity contribution >= 4 is 162 Å². The number of hydrogen-bond acceptors (Lipinski definition) is 0. The molecule has 696 valence electrons. The maximum Gasteiger partial charge on any atom is 0.0636 e. The fourth-order valence-electron chi connectivity index (χ4n) is 17.0. The smallest absolute Gasteiger partial charge is 0.0616 e. The molecule has 0 aromatic heterocycles. The van der Waals surface area contributed by atoms with Crippen LogP contribution in [0, 0.1) is 0 Å². The van der Waals surface area contributed by atoms with E-state index in [4.69, 9.17) is 71.3 Å². The lowest BCUT2D eigenvalue weighted by molar-refractivity contribution is 1.62. The predicted molar refractivity (Wildman–Crippen MR) is 647 cm³/mol. The quantitative estimate of drug-likeness (QED) is 0.107. The van der Waals surface area contributed by atoms with E-state index in [1.807, 2.05) is 0 Å². The molecule has 0 N–H and O–H groups in total. The van der Waals surface area contributed by atoms with Crippen LogP contribution >= 0.6 is 0 Å². The van der Waals surface area contributed by atoms with Crippen molar-refractivity contribution in [1.29, 1.82) is 0 Å². The van der Waals surface area contributed by atoms with Gasteiger partial charge in [-0.15, -0.1) is 0 Å². The lowest BCUT2D eigenvalue weighted by Crippen LogP contribution is -1.92. The van der Waals surface area contributed by atoms with Crippen LogP contribution in [0.25, 0.3) is 295 Å². The second-order valence-electron chi connectivity index (χ2n) is 32.2. The molecule has 0 spiro atoms. The van der Waals surface area contributed by atoms with Gasteiger partial charge in [-0.3, -0.25) is 0 Å². The second-order valence-corrected chi connectivity index (χ2v) is 32.2. The summed E-state index contributed by atoms with van der Waals surface area (Å²) < 4.78 is 871. The first-order valence-corrected chi connectivity index (χ1v) is 44.2. The first-order valence-electron chi connectivity index (χ1n) is 92.2. The van der Waals surface area contributed by atoms with Gasteiger partial charge in [-0.25, -0.2) is 0 Å². The first-order chi connectivity index (χ1) is 114. The minimum Gasteiger partial charge on any atom is -0.0616 e. The molecule has 0 bridgehead atoms. The average Bonchev–Trinajstić information content (AvgIpc) is 0.679. The van der Waals surface area contributed by atoms with E-state index in [-0.39, 0.29) is 0 Å². The van der Waals surface area contributed by atoms with Crippen molar-refractivity contribution in [2.45, 2.75) is 0 Å². The second kappa shape index (κ2) is 37.6. The summed E-state index contributed by atoms with van der Waals surface area (Å²) in [7, 11) is 0. The van der Waals surface area contributed by atoms with Crippen LogP contribution in [0.5, 0.6) is 0 Å². The lowest BCUT2D eigenvalue weighted by atomic mass is 9.84. The highest BCUT2D eigenvalue weighted by atomic mass is 14.3. The molecule has 0 aliphatic heterocycles. The predicted octanol–water partition coefficient (Wildman–Crippen LogP) is 42.4. The van der Waals surface area contributed by atoms with E-state index in [9.17, 15) is 60.3 Å². The van der Waals surface area contributed by atoms with E-state index in [0.29, 0.717) is 0 Å². The van der Waals surface area contributed by atoms with Gasteiger partial charge >= 0.3 is 0 Å². The topological polar surface area (TPSA) is 0 Å². The van der Waals surface area contributed by atoms with Crippen LogP contribution in [-0.2, 0) is 0 Å². The van der Waals surface area contributed by atoms with Crippen LogP contribution in [0.4, 0.5) is 0 Å². The van der Waals surface area contributed by atoms with Crippen molar-refractivity contribution in [1.82, 2.24) is 0 Å². The summed E-state index contributed by atoms with van der Waals surface area (Å²) in [6.07, 6.45) is 0. The molecule has 0 radical (unpaired) electrons. The molecule has 150 heavy (non-hydrogen) atoms. The molecule has 30 aromatic rings. The Morgan fingerprint density at radius 3 is 0.507 bits per heavy atom. The average molecular weight is 2000 g/mol. The molecular weight excluding hydrogens is 1800 g/mol. The van der Waals surface area contributed by atoms with Crippen molar-refractivity contribution in [3.8, 4) is 134 Å². The number of fused-ring (bicyclic) bond motifs is 15. The zero-order valence-electron chi connectivity index (χ0n) is 171. The lowest BCUT2D eigenvalue weighted by Gasteiger charge is -2.19. The van der Waals surface area contributed by atoms with Crippen molar-refractivity contribution < 1.29 is 132 Å². The molecule has 30 rings (SSSR count). The molecule has 0 unspecified atom stereocenters. The van der Waals surface area contributed by atoms with Crippen LogP contribution in [0.3, 0.4) is 0 Å². The number of hydrogen-bond donors (Lipinski definition) is 0. The molecule has 0 aliphatic carbocycles. The van der Waals surface area contributed by atoms with Crippen LogP contribution in [-0.4, -0.2) is 0 Å². The summed E-state index contributed by atoms with van der Waals surface area (Å²) in [5.74, 6) is 0. The van der Waals surface area contributed by atoms with E-state index in [1.165, 1.54) is 0 Å². The third-order valence-electron chi connectivity index (χ3n) is 23.7. The molecule has 0 amide bonds. The van der Waals surface area contributed by atoms with Gasteiger partial charge in [0.25, 0.3) is 0 Å². The zero-order chi connectivity index (χ0) is 183. The van der Waals surface area contributed by atoms with E-state index < -0.39 is 875 Å². The van der Waals surface area contributed by atoms with Gasteiger partial charge in [0.05, 0.1) is 132 Å². The third kappa shape index (κ3) is 16.2. The van der Waals surface area contributed by atoms with Gasteiger partial charge in [0.15, 0.2) is 0 Å². The van der Waals surface area contributed by atoms with Crippen molar-refractivity contribution in [3.63, 3.8) is 0 Å². The SMILES string of the molecule is [2H]c1c([2H])c(-c2c3c([2H])c([2H])c([2H])c([2H])c3c(-c3c([2H])c([2H])c4c([2H])c([2H])c([2H])c([2H])c4c3[2H])c3c([2H])c(-c4c([2H])c([2H])c5c([2H])c([2H])c([2H])c([2H])c5c4[2H])c([2H])c([2H])c23)c([2H])c([2H])c1-c1c([2H])c([2H])c2c([2H])c([2H])c([2H])c([2H])c2c1[2H].[2H]c1c([2H])c(-c2c3c([2H])c([2H])c([2H])c([2H])c3c(-c3c([2H])c([2H])c4c([2H])c([2H])c([2H])c([2H])c4c3[2H])c3c([2H])c([2H])c(-c4c([2H])c([2H])c([2H])c5c([2H])c([2H])c([2H])c([2H])c45)c([2H])c23)c([2H])c([2H])c1-c1c([2H])c([2H])c2c([2H])c([2H])c([2H])c([2H])c2c1[2H].[2H]c1c([2H])c(-c2c3c([2H])c([2H])c([2H])c([2H])c3c(-c3c([2H])c([2H])c4c([2H])c([2H])c([2H])c([2H])c4c3[2H])c3c([2H])c([2H])c(-c4c([2H])c([2H])c5c([2H])c([2H])c([2H])c([2H])c5c4[2H])c([2H])c23)c([2H])c([2H])c1-c1c([2H])c([2H])c2c([2H])c([2H])c([2H])c([2H])c2c1[2H]. The van der Waals surface area contributed by atoms with E-state index in [1.54, 1.807) is 0 Å². The zero-order valence-corrected chi connectivity index (χ0v) is 75.0. The molecule has 30 aromatic carbocycles. The first kappa shape index (κ1) is 34.1. The third-order valence-corrected chi connectivity index (χ3v) is 23.7. The summed E-state index contributed by atoms with van der Waals surface area (Å²) in [4.78, 5) is 0. The molecule has 0 nitrogen and oxygen atoms in total. The maximum absolute atomic E-state index is 10.3. The Morgan fingerprint density at radius 1 is 0.0800 bits per heavy atom. The Kier molecular flexibility index (Phi) is 8.53. The molecule has 0 aliphatic rings. The molecule has 0 fully saturated rings. The van der Waals surface area contributed by atoms with Gasteiger partial charge in [0, 0.05) is 0 Å². The summed E-state index contributed by atoms with van der Waals surface area (Å²) in [5.41, 5.74) is -21.8. The maximum atomic E-state index is 10.3. The van der Waals surface area contributed by atoms with Gasteiger partial charge in [0.2, 0.25) is 0 Å². The van der Waals surface area contributed by atoms with Crippen LogP contribution in [0.1, 0.15) is 132 Å². The van der Waals surface area contributed by atoms with E-state index in [2.05, 4.69) is 0 Å². The Morgan fingerprint density at radius 2 is 0.233 bits per heavy atom. The molecule has 0 heteroatoms. The van der Waals surface area contributed by atoms with Gasteiger partial charge < -0.3 is 0 Å². The van der Waals surface area contributed by atoms with Gasteiger partial charge in [-0.1, -0.05) is 514 Å². The van der Waals surface area contributed by atoms with Gasteiger partial charge in [-0.2, -0.15) is 0 Å². The largest absolute Gasteiger partial charge is 0.0636 e. The fourth-order valence-corrected chi connectivity index (χ4v) is 17.0. The molecule has 0 heterocycles. The minimum atomic E-state index is -1.22.